The quantitative estimate of drug-likeness (QED) is 0.507. The molecule has 114 valence electrons. The molecular formula is C10H5Cl2F3N2O4. The van der Waals surface area contributed by atoms with Crippen LogP contribution < -0.4 is 0 Å². The van der Waals surface area contributed by atoms with E-state index in [1.54, 1.807) is 0 Å². The fourth-order valence-corrected chi connectivity index (χ4v) is 2.12. The van der Waals surface area contributed by atoms with Crippen molar-refractivity contribution in [1.82, 2.24) is 0 Å². The molecule has 0 saturated carbocycles. The van der Waals surface area contributed by atoms with Crippen LogP contribution in [0.4, 0.5) is 18.9 Å². The lowest BCUT2D eigenvalue weighted by Crippen LogP contribution is -2.53. The molecule has 11 heteroatoms. The number of halogens is 5. The molecule has 0 spiro atoms. The van der Waals surface area contributed by atoms with Crippen LogP contribution >= 0.6 is 23.2 Å². The Kier molecular flexibility index (Phi) is 3.77. The molecule has 0 amide bonds. The van der Waals surface area contributed by atoms with Crippen molar-refractivity contribution < 1.29 is 28.0 Å². The number of hydrogen-bond acceptors (Lipinski definition) is 5. The Morgan fingerprint density at radius 1 is 1.48 bits per heavy atom. The monoisotopic (exact) mass is 344 g/mol. The normalized spacial score (nSPS) is 25.4. The molecule has 1 aromatic carbocycles. The van der Waals surface area contributed by atoms with E-state index in [2.05, 4.69) is 9.99 Å². The maximum absolute atomic E-state index is 12.7. The number of hydrogen-bond donors (Lipinski definition) is 1. The third kappa shape index (κ3) is 2.52. The summed E-state index contributed by atoms with van der Waals surface area (Å²) in [5.74, 6) is -3.70. The number of rotatable bonds is 2. The van der Waals surface area contributed by atoms with E-state index in [-0.39, 0.29) is 10.6 Å². The molecule has 2 atom stereocenters. The third-order valence-corrected chi connectivity index (χ3v) is 3.53. The summed E-state index contributed by atoms with van der Waals surface area (Å²) in [6, 6.07) is 3.17. The van der Waals surface area contributed by atoms with Crippen molar-refractivity contribution in [1.29, 1.82) is 0 Å². The van der Waals surface area contributed by atoms with Crippen LogP contribution in [0.3, 0.4) is 0 Å². The molecule has 1 aliphatic heterocycles. The largest absolute Gasteiger partial charge is 0.459 e. The Balaban J connectivity index is 2.42. The van der Waals surface area contributed by atoms with Crippen LogP contribution in [0.1, 0.15) is 5.56 Å². The van der Waals surface area contributed by atoms with E-state index in [1.807, 2.05) is 0 Å². The van der Waals surface area contributed by atoms with Crippen molar-refractivity contribution in [3.05, 3.63) is 38.9 Å². The average Bonchev–Trinajstić information content (AvgIpc) is 2.67. The molecule has 1 N–H and O–H groups in total. The lowest BCUT2D eigenvalue weighted by Gasteiger charge is -2.25. The predicted molar refractivity (Wildman–Crippen MR) is 66.4 cm³/mol. The first-order chi connectivity index (χ1) is 9.58. The molecule has 0 aromatic heterocycles. The number of benzene rings is 1. The van der Waals surface area contributed by atoms with Crippen LogP contribution in [0.2, 0.25) is 5.02 Å². The topological polar surface area (TPSA) is 85.0 Å². The summed E-state index contributed by atoms with van der Waals surface area (Å²) < 4.78 is 38.1. The van der Waals surface area contributed by atoms with Crippen LogP contribution in [-0.4, -0.2) is 33.1 Å². The van der Waals surface area contributed by atoms with Gasteiger partial charge in [-0.1, -0.05) is 22.8 Å². The SMILES string of the molecule is O=[N+]([O-])c1cc(C2=NOC(O)(C(F)(F)F)C2Cl)ccc1Cl. The molecule has 21 heavy (non-hydrogen) atoms. The van der Waals surface area contributed by atoms with E-state index in [1.165, 1.54) is 6.07 Å². The van der Waals surface area contributed by atoms with Gasteiger partial charge in [-0.3, -0.25) is 10.1 Å². The fourth-order valence-electron chi connectivity index (χ4n) is 1.60. The summed E-state index contributed by atoms with van der Waals surface area (Å²) in [5.41, 5.74) is -1.15. The molecule has 0 bridgehead atoms. The number of nitro groups is 1. The zero-order chi connectivity index (χ0) is 16.0. The maximum atomic E-state index is 12.7. The second-order valence-corrected chi connectivity index (χ2v) is 4.89. The zero-order valence-electron chi connectivity index (χ0n) is 9.77. The molecule has 0 radical (unpaired) electrons. The Morgan fingerprint density at radius 2 is 2.10 bits per heavy atom. The number of alkyl halides is 4. The number of oxime groups is 1. The van der Waals surface area contributed by atoms with E-state index >= 15 is 0 Å². The predicted octanol–water partition coefficient (Wildman–Crippen LogP) is 2.84. The van der Waals surface area contributed by atoms with Crippen molar-refractivity contribution >= 4 is 34.6 Å². The highest BCUT2D eigenvalue weighted by atomic mass is 35.5. The summed E-state index contributed by atoms with van der Waals surface area (Å²) >= 11 is 11.1. The molecule has 2 unspecified atom stereocenters. The van der Waals surface area contributed by atoms with Gasteiger partial charge >= 0.3 is 12.0 Å². The molecule has 1 heterocycles. The van der Waals surface area contributed by atoms with Gasteiger partial charge < -0.3 is 9.94 Å². The second-order valence-electron chi connectivity index (χ2n) is 4.05. The average molecular weight is 345 g/mol. The van der Waals surface area contributed by atoms with Gasteiger partial charge in [0.05, 0.1) is 4.92 Å². The Morgan fingerprint density at radius 3 is 2.57 bits per heavy atom. The molecule has 2 rings (SSSR count). The lowest BCUT2D eigenvalue weighted by molar-refractivity contribution is -0.384. The molecule has 1 aromatic rings. The van der Waals surface area contributed by atoms with Crippen LogP contribution in [0.5, 0.6) is 0 Å². The van der Waals surface area contributed by atoms with Crippen LogP contribution in [-0.2, 0) is 4.84 Å². The van der Waals surface area contributed by atoms with E-state index in [0.29, 0.717) is 0 Å². The van der Waals surface area contributed by atoms with E-state index in [9.17, 15) is 28.4 Å². The first-order valence-electron chi connectivity index (χ1n) is 5.21. The van der Waals surface area contributed by atoms with Crippen molar-refractivity contribution in [2.75, 3.05) is 0 Å². The molecule has 0 saturated heterocycles. The van der Waals surface area contributed by atoms with Gasteiger partial charge in [0, 0.05) is 11.6 Å². The van der Waals surface area contributed by atoms with Crippen molar-refractivity contribution in [3.8, 4) is 0 Å². The van der Waals surface area contributed by atoms with E-state index in [0.717, 1.165) is 12.1 Å². The minimum Gasteiger partial charge on any atom is -0.348 e. The summed E-state index contributed by atoms with van der Waals surface area (Å²) in [4.78, 5) is 13.9. The molecule has 0 fully saturated rings. The summed E-state index contributed by atoms with van der Waals surface area (Å²) in [6.07, 6.45) is -5.19. The Labute approximate surface area is 124 Å². The van der Waals surface area contributed by atoms with Crippen LogP contribution in [0, 0.1) is 10.1 Å². The highest BCUT2D eigenvalue weighted by Gasteiger charge is 2.66. The standard InChI is InChI=1S/C10H5Cl2F3N2O4/c11-5-2-1-4(3-6(5)17(19)20)7-8(12)9(18,21-16-7)10(13,14)15/h1-3,8,18H. The van der Waals surface area contributed by atoms with Crippen molar-refractivity contribution in [2.45, 2.75) is 17.3 Å². The highest BCUT2D eigenvalue weighted by Crippen LogP contribution is 2.42. The fraction of sp³-hybridized carbons (Fsp3) is 0.300. The van der Waals surface area contributed by atoms with Gasteiger partial charge in [0.25, 0.3) is 5.69 Å². The molecule has 0 aliphatic carbocycles. The minimum absolute atomic E-state index is 0.119. The molecule has 6 nitrogen and oxygen atoms in total. The third-order valence-electron chi connectivity index (χ3n) is 2.71. The van der Waals surface area contributed by atoms with Crippen LogP contribution in [0.15, 0.2) is 23.4 Å². The summed E-state index contributed by atoms with van der Waals surface area (Å²) in [6.45, 7) is 0. The van der Waals surface area contributed by atoms with Crippen molar-refractivity contribution in [3.63, 3.8) is 0 Å². The number of aliphatic hydroxyl groups is 1. The first-order valence-corrected chi connectivity index (χ1v) is 6.03. The van der Waals surface area contributed by atoms with Gasteiger partial charge in [-0.05, 0) is 6.07 Å². The van der Waals surface area contributed by atoms with E-state index in [4.69, 9.17) is 23.2 Å². The van der Waals surface area contributed by atoms with Gasteiger partial charge in [0.2, 0.25) is 0 Å². The number of nitro benzene ring substituents is 1. The first kappa shape index (κ1) is 15.8. The summed E-state index contributed by atoms with van der Waals surface area (Å²) in [7, 11) is 0. The highest BCUT2D eigenvalue weighted by molar-refractivity contribution is 6.37. The van der Waals surface area contributed by atoms with Gasteiger partial charge in [-0.2, -0.15) is 13.2 Å². The zero-order valence-corrected chi connectivity index (χ0v) is 11.3. The van der Waals surface area contributed by atoms with E-state index < -0.39 is 33.7 Å². The lowest BCUT2D eigenvalue weighted by atomic mass is 10.0. The van der Waals surface area contributed by atoms with Gasteiger partial charge in [-0.25, -0.2) is 0 Å². The maximum Gasteiger partial charge on any atom is 0.459 e. The van der Waals surface area contributed by atoms with Gasteiger partial charge in [-0.15, -0.1) is 11.6 Å². The number of nitrogens with zero attached hydrogens (tertiary/aromatic N) is 2. The minimum atomic E-state index is -5.19. The second kappa shape index (κ2) is 5.00. The van der Waals surface area contributed by atoms with Gasteiger partial charge in [0.1, 0.15) is 10.7 Å². The van der Waals surface area contributed by atoms with Gasteiger partial charge in [0.15, 0.2) is 5.38 Å². The molecule has 1 aliphatic rings. The molecular weight excluding hydrogens is 340 g/mol. The smallest absolute Gasteiger partial charge is 0.348 e. The van der Waals surface area contributed by atoms with Crippen molar-refractivity contribution in [2.24, 2.45) is 5.16 Å². The summed E-state index contributed by atoms with van der Waals surface area (Å²) in [5, 5.41) is 20.9. The Bertz CT molecular complexity index is 637. The Hall–Kier alpha value is -1.58. The van der Waals surface area contributed by atoms with Crippen LogP contribution in [0.25, 0.3) is 0 Å².